The van der Waals surface area contributed by atoms with Crippen molar-refractivity contribution in [1.82, 2.24) is 4.90 Å². The fraction of sp³-hybridized carbons (Fsp3) is 1.00. The first-order valence-corrected chi connectivity index (χ1v) is 4.11. The summed E-state index contributed by atoms with van der Waals surface area (Å²) in [4.78, 5) is 2.25. The van der Waals surface area contributed by atoms with Crippen LogP contribution in [0.1, 0.15) is 13.3 Å². The Morgan fingerprint density at radius 1 is 1.55 bits per heavy atom. The number of nitrogens with two attached hydrogens (primary N) is 1. The molecular formula is C8H20N2O. The summed E-state index contributed by atoms with van der Waals surface area (Å²) in [5.74, 6) is 0. The normalized spacial score (nSPS) is 13.9. The van der Waals surface area contributed by atoms with Gasteiger partial charge in [0.05, 0.1) is 0 Å². The monoisotopic (exact) mass is 160 g/mol. The molecule has 0 aliphatic rings. The number of likely N-dealkylation sites (N-methyl/N-ethyl adjacent to an activating group) is 1. The van der Waals surface area contributed by atoms with Crippen LogP contribution in [0, 0.1) is 0 Å². The lowest BCUT2D eigenvalue weighted by atomic mass is 10.2. The summed E-state index contributed by atoms with van der Waals surface area (Å²) < 4.78 is 4.98. The molecule has 0 spiro atoms. The molecule has 2 N–H and O–H groups in total. The van der Waals surface area contributed by atoms with Crippen LogP contribution in [0.5, 0.6) is 0 Å². The van der Waals surface area contributed by atoms with E-state index in [1.807, 2.05) is 0 Å². The maximum absolute atomic E-state index is 5.42. The van der Waals surface area contributed by atoms with E-state index in [1.54, 1.807) is 7.11 Å². The van der Waals surface area contributed by atoms with E-state index in [4.69, 9.17) is 10.5 Å². The fourth-order valence-electron chi connectivity index (χ4n) is 0.933. The Morgan fingerprint density at radius 2 is 2.18 bits per heavy atom. The van der Waals surface area contributed by atoms with Crippen molar-refractivity contribution in [2.24, 2.45) is 5.73 Å². The summed E-state index contributed by atoms with van der Waals surface area (Å²) in [6.45, 7) is 4.71. The Labute approximate surface area is 69.5 Å². The molecule has 1 unspecified atom stereocenters. The summed E-state index contributed by atoms with van der Waals surface area (Å²) in [6.07, 6.45) is 1.08. The number of rotatable bonds is 6. The van der Waals surface area contributed by atoms with Crippen molar-refractivity contribution in [3.63, 3.8) is 0 Å². The van der Waals surface area contributed by atoms with Crippen LogP contribution in [0.15, 0.2) is 0 Å². The summed E-state index contributed by atoms with van der Waals surface area (Å²) >= 11 is 0. The zero-order valence-electron chi connectivity index (χ0n) is 7.84. The summed E-state index contributed by atoms with van der Waals surface area (Å²) in [6, 6.07) is 0.568. The lowest BCUT2D eigenvalue weighted by Crippen LogP contribution is -2.34. The van der Waals surface area contributed by atoms with E-state index < -0.39 is 0 Å². The van der Waals surface area contributed by atoms with Crippen LogP contribution in [0.4, 0.5) is 0 Å². The van der Waals surface area contributed by atoms with Gasteiger partial charge in [-0.2, -0.15) is 0 Å². The van der Waals surface area contributed by atoms with Crippen LogP contribution < -0.4 is 5.73 Å². The second-order valence-corrected chi connectivity index (χ2v) is 2.90. The Hall–Kier alpha value is -0.120. The minimum absolute atomic E-state index is 0.568. The third-order valence-electron chi connectivity index (χ3n) is 1.97. The second-order valence-electron chi connectivity index (χ2n) is 2.90. The molecule has 1 atom stereocenters. The molecule has 0 saturated heterocycles. The molecule has 0 radical (unpaired) electrons. The highest BCUT2D eigenvalue weighted by atomic mass is 16.5. The van der Waals surface area contributed by atoms with Gasteiger partial charge < -0.3 is 15.4 Å². The van der Waals surface area contributed by atoms with E-state index in [0.29, 0.717) is 6.04 Å². The van der Waals surface area contributed by atoms with Crippen LogP contribution in [0.25, 0.3) is 0 Å². The lowest BCUT2D eigenvalue weighted by molar-refractivity contribution is 0.154. The van der Waals surface area contributed by atoms with Crippen molar-refractivity contribution in [2.75, 3.05) is 33.9 Å². The summed E-state index contributed by atoms with van der Waals surface area (Å²) in [7, 11) is 3.82. The van der Waals surface area contributed by atoms with Crippen LogP contribution in [0.2, 0.25) is 0 Å². The zero-order chi connectivity index (χ0) is 8.69. The molecule has 0 rings (SSSR count). The van der Waals surface area contributed by atoms with Gasteiger partial charge in [0.2, 0.25) is 0 Å². The predicted molar refractivity (Wildman–Crippen MR) is 47.6 cm³/mol. The van der Waals surface area contributed by atoms with Gasteiger partial charge in [0.25, 0.3) is 0 Å². The van der Waals surface area contributed by atoms with Gasteiger partial charge in [0.15, 0.2) is 0 Å². The fourth-order valence-corrected chi connectivity index (χ4v) is 0.933. The highest BCUT2D eigenvalue weighted by Crippen LogP contribution is 1.99. The number of hydrogen-bond donors (Lipinski definition) is 1. The molecule has 3 nitrogen and oxygen atoms in total. The number of ether oxygens (including phenoxy) is 1. The van der Waals surface area contributed by atoms with E-state index in [1.165, 1.54) is 0 Å². The molecule has 0 aromatic rings. The standard InChI is InChI=1S/C8H20N2O/c1-8(4-7-11-3)10(2)6-5-9/h8H,4-7,9H2,1-3H3. The third kappa shape index (κ3) is 5.18. The maximum atomic E-state index is 5.42. The van der Waals surface area contributed by atoms with Gasteiger partial charge in [-0.05, 0) is 20.4 Å². The van der Waals surface area contributed by atoms with Crippen LogP contribution in [-0.4, -0.2) is 44.8 Å². The Balaban J connectivity index is 3.38. The molecule has 68 valence electrons. The van der Waals surface area contributed by atoms with Crippen molar-refractivity contribution < 1.29 is 4.74 Å². The van der Waals surface area contributed by atoms with Crippen molar-refractivity contribution >= 4 is 0 Å². The van der Waals surface area contributed by atoms with Crippen LogP contribution >= 0.6 is 0 Å². The van der Waals surface area contributed by atoms with E-state index in [9.17, 15) is 0 Å². The molecule has 0 aromatic carbocycles. The Kier molecular flexibility index (Phi) is 6.51. The van der Waals surface area contributed by atoms with Crippen molar-refractivity contribution in [2.45, 2.75) is 19.4 Å². The molecule has 0 heterocycles. The van der Waals surface area contributed by atoms with E-state index in [-0.39, 0.29) is 0 Å². The minimum atomic E-state index is 0.568. The van der Waals surface area contributed by atoms with Gasteiger partial charge in [-0.25, -0.2) is 0 Å². The molecule has 0 amide bonds. The quantitative estimate of drug-likeness (QED) is 0.607. The van der Waals surface area contributed by atoms with Gasteiger partial charge in [-0.15, -0.1) is 0 Å². The summed E-state index contributed by atoms with van der Waals surface area (Å²) in [5.41, 5.74) is 5.42. The average Bonchev–Trinajstić information content (AvgIpc) is 2.00. The molecule has 0 fully saturated rings. The minimum Gasteiger partial charge on any atom is -0.385 e. The number of nitrogens with zero attached hydrogens (tertiary/aromatic N) is 1. The van der Waals surface area contributed by atoms with Gasteiger partial charge in [0.1, 0.15) is 0 Å². The van der Waals surface area contributed by atoms with Crippen molar-refractivity contribution in [3.8, 4) is 0 Å². The summed E-state index contributed by atoms with van der Waals surface area (Å²) in [5, 5.41) is 0. The zero-order valence-corrected chi connectivity index (χ0v) is 7.84. The molecular weight excluding hydrogens is 140 g/mol. The van der Waals surface area contributed by atoms with Crippen molar-refractivity contribution in [1.29, 1.82) is 0 Å². The van der Waals surface area contributed by atoms with Gasteiger partial charge in [0, 0.05) is 32.8 Å². The smallest absolute Gasteiger partial charge is 0.0477 e. The Bertz CT molecular complexity index is 88.2. The molecule has 11 heavy (non-hydrogen) atoms. The lowest BCUT2D eigenvalue weighted by Gasteiger charge is -2.23. The predicted octanol–water partition coefficient (Wildman–Crippen LogP) is 0.302. The molecule has 0 bridgehead atoms. The second kappa shape index (κ2) is 6.58. The van der Waals surface area contributed by atoms with Crippen molar-refractivity contribution in [3.05, 3.63) is 0 Å². The molecule has 3 heteroatoms. The largest absolute Gasteiger partial charge is 0.385 e. The Morgan fingerprint density at radius 3 is 2.64 bits per heavy atom. The first-order chi connectivity index (χ1) is 5.22. The van der Waals surface area contributed by atoms with Crippen LogP contribution in [0.3, 0.4) is 0 Å². The molecule has 0 saturated carbocycles. The van der Waals surface area contributed by atoms with E-state index >= 15 is 0 Å². The third-order valence-corrected chi connectivity index (χ3v) is 1.97. The first kappa shape index (κ1) is 10.9. The number of methoxy groups -OCH3 is 1. The molecule has 0 aliphatic heterocycles. The average molecular weight is 160 g/mol. The first-order valence-electron chi connectivity index (χ1n) is 4.11. The van der Waals surface area contributed by atoms with Gasteiger partial charge in [-0.1, -0.05) is 0 Å². The molecule has 0 aliphatic carbocycles. The SMILES string of the molecule is COCCC(C)N(C)CCN. The highest BCUT2D eigenvalue weighted by molar-refractivity contribution is 4.62. The van der Waals surface area contributed by atoms with Crippen LogP contribution in [-0.2, 0) is 4.74 Å². The van der Waals surface area contributed by atoms with E-state index in [2.05, 4.69) is 18.9 Å². The molecule has 0 aromatic heterocycles. The topological polar surface area (TPSA) is 38.5 Å². The van der Waals surface area contributed by atoms with Gasteiger partial charge >= 0.3 is 0 Å². The number of hydrogen-bond acceptors (Lipinski definition) is 3. The highest BCUT2D eigenvalue weighted by Gasteiger charge is 2.06. The maximum Gasteiger partial charge on any atom is 0.0477 e. The van der Waals surface area contributed by atoms with Gasteiger partial charge in [-0.3, -0.25) is 0 Å². The van der Waals surface area contributed by atoms with E-state index in [0.717, 1.165) is 26.1 Å².